The summed E-state index contributed by atoms with van der Waals surface area (Å²) in [4.78, 5) is 27.9. The Morgan fingerprint density at radius 2 is 1.59 bits per heavy atom. The lowest BCUT2D eigenvalue weighted by molar-refractivity contribution is -0.139. The van der Waals surface area contributed by atoms with E-state index in [4.69, 9.17) is 0 Å². The summed E-state index contributed by atoms with van der Waals surface area (Å²) in [5.74, 6) is -1.36. The summed E-state index contributed by atoms with van der Waals surface area (Å²) in [6.07, 6.45) is 0. The van der Waals surface area contributed by atoms with Crippen molar-refractivity contribution >= 4 is 27.5 Å². The molecule has 0 saturated heterocycles. The number of likely N-dealkylation sites (N-methyl/N-ethyl adjacent to an activating group) is 1. The number of rotatable bonds is 10. The Balaban J connectivity index is 2.06. The van der Waals surface area contributed by atoms with Crippen LogP contribution in [0.15, 0.2) is 77.7 Å². The Labute approximate surface area is 218 Å². The van der Waals surface area contributed by atoms with Gasteiger partial charge in [0.25, 0.3) is 10.0 Å². The standard InChI is InChI=1S/C28H32FN3O4S/c1-5-30-28(34)22(4)31(18-23-14-16-24(29)17-15-23)27(33)19-32(26-13-9-10-20(2)21(26)3)37(35,36)25-11-7-6-8-12-25/h6-17,22H,5,18-19H2,1-4H3,(H,30,34). The second-order valence-electron chi connectivity index (χ2n) is 8.76. The number of anilines is 1. The number of carbonyl (C=O) groups excluding carboxylic acids is 2. The fourth-order valence-electron chi connectivity index (χ4n) is 3.93. The van der Waals surface area contributed by atoms with Gasteiger partial charge in [-0.1, -0.05) is 42.5 Å². The van der Waals surface area contributed by atoms with Crippen molar-refractivity contribution in [3.8, 4) is 0 Å². The highest BCUT2D eigenvalue weighted by atomic mass is 32.2. The quantitative estimate of drug-likeness (QED) is 0.430. The predicted molar refractivity (Wildman–Crippen MR) is 142 cm³/mol. The maximum atomic E-state index is 13.8. The van der Waals surface area contributed by atoms with E-state index >= 15 is 0 Å². The van der Waals surface area contributed by atoms with Gasteiger partial charge >= 0.3 is 0 Å². The normalized spacial score (nSPS) is 12.0. The van der Waals surface area contributed by atoms with Crippen LogP contribution < -0.4 is 9.62 Å². The number of sulfonamides is 1. The lowest BCUT2D eigenvalue weighted by Crippen LogP contribution is -2.51. The van der Waals surface area contributed by atoms with Gasteiger partial charge in [0.15, 0.2) is 0 Å². The number of aryl methyl sites for hydroxylation is 1. The lowest BCUT2D eigenvalue weighted by Gasteiger charge is -2.32. The second-order valence-corrected chi connectivity index (χ2v) is 10.6. The molecule has 0 saturated carbocycles. The van der Waals surface area contributed by atoms with Gasteiger partial charge in [-0.2, -0.15) is 0 Å². The first-order valence-electron chi connectivity index (χ1n) is 12.0. The number of halogens is 1. The van der Waals surface area contributed by atoms with E-state index in [0.29, 0.717) is 17.8 Å². The van der Waals surface area contributed by atoms with Gasteiger partial charge in [-0.15, -0.1) is 0 Å². The Kier molecular flexibility index (Phi) is 9.04. The van der Waals surface area contributed by atoms with Crippen molar-refractivity contribution in [1.82, 2.24) is 10.2 Å². The Hall–Kier alpha value is -3.72. The molecule has 1 unspecified atom stereocenters. The van der Waals surface area contributed by atoms with Crippen molar-refractivity contribution in [3.05, 3.63) is 95.3 Å². The van der Waals surface area contributed by atoms with Crippen molar-refractivity contribution in [3.63, 3.8) is 0 Å². The molecule has 0 aliphatic carbocycles. The van der Waals surface area contributed by atoms with Crippen LogP contribution in [0.2, 0.25) is 0 Å². The minimum absolute atomic E-state index is 0.00341. The molecule has 3 rings (SSSR count). The first-order chi connectivity index (χ1) is 17.6. The lowest BCUT2D eigenvalue weighted by atomic mass is 10.1. The molecule has 7 nitrogen and oxygen atoms in total. The van der Waals surface area contributed by atoms with Crippen LogP contribution >= 0.6 is 0 Å². The molecule has 0 fully saturated rings. The summed E-state index contributed by atoms with van der Waals surface area (Å²) in [6, 6.07) is 17.9. The van der Waals surface area contributed by atoms with E-state index in [2.05, 4.69) is 5.32 Å². The van der Waals surface area contributed by atoms with Gasteiger partial charge in [0.2, 0.25) is 11.8 Å². The fraction of sp³-hybridized carbons (Fsp3) is 0.286. The van der Waals surface area contributed by atoms with E-state index in [9.17, 15) is 22.4 Å². The van der Waals surface area contributed by atoms with Crippen LogP contribution in [0.5, 0.6) is 0 Å². The van der Waals surface area contributed by atoms with Gasteiger partial charge in [-0.3, -0.25) is 13.9 Å². The Bertz CT molecular complexity index is 1350. The largest absolute Gasteiger partial charge is 0.355 e. The van der Waals surface area contributed by atoms with Gasteiger partial charge in [-0.25, -0.2) is 12.8 Å². The maximum absolute atomic E-state index is 13.8. The molecule has 1 atom stereocenters. The summed E-state index contributed by atoms with van der Waals surface area (Å²) >= 11 is 0. The minimum atomic E-state index is -4.12. The van der Waals surface area contributed by atoms with Crippen LogP contribution in [0, 0.1) is 19.7 Å². The zero-order valence-corrected chi connectivity index (χ0v) is 22.3. The summed E-state index contributed by atoms with van der Waals surface area (Å²) in [5.41, 5.74) is 2.58. The molecule has 0 spiro atoms. The molecule has 0 radical (unpaired) electrons. The van der Waals surface area contributed by atoms with E-state index < -0.39 is 34.3 Å². The number of amides is 2. The molecule has 3 aromatic rings. The molecule has 0 heterocycles. The molecule has 37 heavy (non-hydrogen) atoms. The molecule has 0 aliphatic heterocycles. The van der Waals surface area contributed by atoms with Crippen LogP contribution in [0.1, 0.15) is 30.5 Å². The summed E-state index contributed by atoms with van der Waals surface area (Å²) in [6.45, 7) is 6.88. The van der Waals surface area contributed by atoms with Gasteiger partial charge < -0.3 is 10.2 Å². The summed E-state index contributed by atoms with van der Waals surface area (Å²) < 4.78 is 42.1. The second kappa shape index (κ2) is 12.0. The average molecular weight is 526 g/mol. The fourth-order valence-corrected chi connectivity index (χ4v) is 5.42. The van der Waals surface area contributed by atoms with Gasteiger partial charge in [0, 0.05) is 13.1 Å². The highest BCUT2D eigenvalue weighted by Crippen LogP contribution is 2.29. The van der Waals surface area contributed by atoms with Gasteiger partial charge in [0.1, 0.15) is 18.4 Å². The first kappa shape index (κ1) is 27.9. The molecule has 0 aliphatic rings. The highest BCUT2D eigenvalue weighted by Gasteiger charge is 2.33. The Morgan fingerprint density at radius 1 is 0.946 bits per heavy atom. The number of hydrogen-bond donors (Lipinski definition) is 1. The number of carbonyl (C=O) groups is 2. The molecule has 0 aromatic heterocycles. The van der Waals surface area contributed by atoms with E-state index in [-0.39, 0.29) is 17.3 Å². The number of benzene rings is 3. The van der Waals surface area contributed by atoms with Crippen molar-refractivity contribution in [1.29, 1.82) is 0 Å². The predicted octanol–water partition coefficient (Wildman–Crippen LogP) is 4.19. The third-order valence-electron chi connectivity index (χ3n) is 6.24. The number of nitrogens with zero attached hydrogens (tertiary/aromatic N) is 2. The number of hydrogen-bond acceptors (Lipinski definition) is 4. The van der Waals surface area contributed by atoms with Crippen LogP contribution in [-0.2, 0) is 26.2 Å². The molecule has 3 aromatic carbocycles. The van der Waals surface area contributed by atoms with E-state index in [1.165, 1.54) is 41.3 Å². The van der Waals surface area contributed by atoms with Crippen LogP contribution in [0.25, 0.3) is 0 Å². The minimum Gasteiger partial charge on any atom is -0.355 e. The van der Waals surface area contributed by atoms with Gasteiger partial charge in [0.05, 0.1) is 10.6 Å². The maximum Gasteiger partial charge on any atom is 0.264 e. The van der Waals surface area contributed by atoms with Crippen molar-refractivity contribution < 1.29 is 22.4 Å². The summed E-state index contributed by atoms with van der Waals surface area (Å²) in [7, 11) is -4.12. The topological polar surface area (TPSA) is 86.8 Å². The van der Waals surface area contributed by atoms with E-state index in [1.54, 1.807) is 51.1 Å². The van der Waals surface area contributed by atoms with Crippen molar-refractivity contribution in [2.75, 3.05) is 17.4 Å². The summed E-state index contributed by atoms with van der Waals surface area (Å²) in [5, 5.41) is 2.71. The molecule has 9 heteroatoms. The third kappa shape index (κ3) is 6.54. The van der Waals surface area contributed by atoms with E-state index in [1.807, 2.05) is 13.0 Å². The van der Waals surface area contributed by atoms with E-state index in [0.717, 1.165) is 15.4 Å². The van der Waals surface area contributed by atoms with Gasteiger partial charge in [-0.05, 0) is 74.7 Å². The zero-order valence-electron chi connectivity index (χ0n) is 21.4. The Morgan fingerprint density at radius 3 is 2.22 bits per heavy atom. The van der Waals surface area contributed by atoms with Crippen LogP contribution in [0.4, 0.5) is 10.1 Å². The monoisotopic (exact) mass is 525 g/mol. The zero-order chi connectivity index (χ0) is 27.2. The number of nitrogens with one attached hydrogen (secondary N) is 1. The van der Waals surface area contributed by atoms with Crippen LogP contribution in [-0.4, -0.2) is 44.3 Å². The molecule has 0 bridgehead atoms. The molecular formula is C28H32FN3O4S. The van der Waals surface area contributed by atoms with Crippen LogP contribution in [0.3, 0.4) is 0 Å². The molecular weight excluding hydrogens is 493 g/mol. The smallest absolute Gasteiger partial charge is 0.264 e. The highest BCUT2D eigenvalue weighted by molar-refractivity contribution is 7.92. The molecule has 1 N–H and O–H groups in total. The first-order valence-corrected chi connectivity index (χ1v) is 13.5. The van der Waals surface area contributed by atoms with Crippen molar-refractivity contribution in [2.24, 2.45) is 0 Å². The SMILES string of the molecule is CCNC(=O)C(C)N(Cc1ccc(F)cc1)C(=O)CN(c1cccc(C)c1C)S(=O)(=O)c1ccccc1. The molecule has 196 valence electrons. The average Bonchev–Trinajstić information content (AvgIpc) is 2.88. The molecule has 2 amide bonds. The third-order valence-corrected chi connectivity index (χ3v) is 8.01. The van der Waals surface area contributed by atoms with Crippen molar-refractivity contribution in [2.45, 2.75) is 45.2 Å².